The summed E-state index contributed by atoms with van der Waals surface area (Å²) in [5, 5.41) is 0. The van der Waals surface area contributed by atoms with Crippen LogP contribution in [0.5, 0.6) is 0 Å². The van der Waals surface area contributed by atoms with Crippen LogP contribution >= 0.6 is 0 Å². The molecule has 0 radical (unpaired) electrons. The minimum atomic E-state index is -0.0666. The highest BCUT2D eigenvalue weighted by atomic mass is 16.2. The first-order chi connectivity index (χ1) is 5.61. The third kappa shape index (κ3) is 1.96. The van der Waals surface area contributed by atoms with E-state index < -0.39 is 0 Å². The van der Waals surface area contributed by atoms with Gasteiger partial charge in [-0.15, -0.1) is 0 Å². The minimum absolute atomic E-state index is 0.0666. The summed E-state index contributed by atoms with van der Waals surface area (Å²) in [7, 11) is 3.39. The first-order valence-electron chi connectivity index (χ1n) is 4.09. The Morgan fingerprint density at radius 1 is 1.50 bits per heavy atom. The molecule has 1 rings (SSSR count). The van der Waals surface area contributed by atoms with E-state index in [0.29, 0.717) is 13.0 Å². The lowest BCUT2D eigenvalue weighted by Gasteiger charge is -2.28. The van der Waals surface area contributed by atoms with Crippen LogP contribution in [0.2, 0.25) is 0 Å². The predicted molar refractivity (Wildman–Crippen MR) is 44.9 cm³/mol. The Kier molecular flexibility index (Phi) is 2.68. The number of amides is 2. The van der Waals surface area contributed by atoms with Gasteiger partial charge in [-0.25, -0.2) is 4.79 Å². The number of Topliss-reactive ketones (excluding diaryl/α,β-unsaturated/α-hetero) is 1. The summed E-state index contributed by atoms with van der Waals surface area (Å²) in [6.45, 7) is 1.000. The van der Waals surface area contributed by atoms with E-state index in [9.17, 15) is 9.59 Å². The number of ketones is 1. The van der Waals surface area contributed by atoms with Crippen molar-refractivity contribution in [3.63, 3.8) is 0 Å². The number of hydrogen-bond acceptors (Lipinski definition) is 2. The molecule has 0 aliphatic carbocycles. The van der Waals surface area contributed by atoms with Gasteiger partial charge in [0, 0.05) is 27.1 Å². The van der Waals surface area contributed by atoms with E-state index in [-0.39, 0.29) is 18.4 Å². The molecule has 0 atom stereocenters. The van der Waals surface area contributed by atoms with E-state index in [0.717, 1.165) is 6.42 Å². The van der Waals surface area contributed by atoms with Crippen molar-refractivity contribution in [2.75, 3.05) is 27.2 Å². The van der Waals surface area contributed by atoms with E-state index in [4.69, 9.17) is 0 Å². The zero-order valence-electron chi connectivity index (χ0n) is 7.54. The Morgan fingerprint density at radius 2 is 2.17 bits per heavy atom. The lowest BCUT2D eigenvalue weighted by Crippen LogP contribution is -2.45. The maximum absolute atomic E-state index is 11.3. The summed E-state index contributed by atoms with van der Waals surface area (Å²) in [5.74, 6) is 0.163. The Bertz CT molecular complexity index is 201. The first kappa shape index (κ1) is 9.03. The van der Waals surface area contributed by atoms with Gasteiger partial charge in [0.1, 0.15) is 0 Å². The number of rotatable bonds is 0. The number of carbonyl (C=O) groups excluding carboxylic acids is 2. The molecule has 2 amide bonds. The van der Waals surface area contributed by atoms with E-state index in [1.807, 2.05) is 0 Å². The van der Waals surface area contributed by atoms with E-state index in [2.05, 4.69) is 0 Å². The van der Waals surface area contributed by atoms with E-state index in [1.165, 1.54) is 4.90 Å². The zero-order valence-corrected chi connectivity index (χ0v) is 7.54. The Hall–Kier alpha value is -1.06. The molecule has 0 spiro atoms. The highest BCUT2D eigenvalue weighted by Gasteiger charge is 2.22. The van der Waals surface area contributed by atoms with Crippen LogP contribution in [0.3, 0.4) is 0 Å². The van der Waals surface area contributed by atoms with Crippen LogP contribution in [0.1, 0.15) is 12.8 Å². The smallest absolute Gasteiger partial charge is 0.319 e. The number of urea groups is 1. The van der Waals surface area contributed by atoms with Crippen molar-refractivity contribution in [1.82, 2.24) is 9.80 Å². The van der Waals surface area contributed by atoms with Crippen LogP contribution in [0, 0.1) is 0 Å². The van der Waals surface area contributed by atoms with Gasteiger partial charge in [-0.3, -0.25) is 4.79 Å². The van der Waals surface area contributed by atoms with Gasteiger partial charge < -0.3 is 9.80 Å². The summed E-state index contributed by atoms with van der Waals surface area (Å²) in [6, 6.07) is -0.0666. The highest BCUT2D eigenvalue weighted by Crippen LogP contribution is 2.07. The fraction of sp³-hybridized carbons (Fsp3) is 0.750. The van der Waals surface area contributed by atoms with Gasteiger partial charge in [-0.05, 0) is 6.42 Å². The van der Waals surface area contributed by atoms with E-state index >= 15 is 0 Å². The van der Waals surface area contributed by atoms with Crippen molar-refractivity contribution in [2.24, 2.45) is 0 Å². The van der Waals surface area contributed by atoms with E-state index in [1.54, 1.807) is 19.0 Å². The average Bonchev–Trinajstić information content (AvgIpc) is 2.03. The lowest BCUT2D eigenvalue weighted by atomic mass is 10.1. The third-order valence-corrected chi connectivity index (χ3v) is 1.90. The Balaban J connectivity index is 2.51. The van der Waals surface area contributed by atoms with Gasteiger partial charge in [0.25, 0.3) is 0 Å². The SMILES string of the molecule is CN(C)C(=O)N1CCCC(=O)C1. The molecule has 0 bridgehead atoms. The van der Waals surface area contributed by atoms with Crippen LogP contribution in [0.4, 0.5) is 4.79 Å². The third-order valence-electron chi connectivity index (χ3n) is 1.90. The Labute approximate surface area is 72.1 Å². The average molecular weight is 170 g/mol. The molecule has 0 unspecified atom stereocenters. The molecule has 0 aromatic rings. The van der Waals surface area contributed by atoms with Crippen LogP contribution in [0.25, 0.3) is 0 Å². The molecule has 1 heterocycles. The van der Waals surface area contributed by atoms with Crippen molar-refractivity contribution in [1.29, 1.82) is 0 Å². The molecule has 1 aliphatic rings. The molecule has 68 valence electrons. The van der Waals surface area contributed by atoms with Gasteiger partial charge in [0.15, 0.2) is 5.78 Å². The fourth-order valence-electron chi connectivity index (χ4n) is 1.28. The predicted octanol–water partition coefficient (Wildman–Crippen LogP) is 0.333. The molecule has 1 saturated heterocycles. The van der Waals surface area contributed by atoms with Crippen molar-refractivity contribution in [2.45, 2.75) is 12.8 Å². The maximum Gasteiger partial charge on any atom is 0.319 e. The quantitative estimate of drug-likeness (QED) is 0.525. The normalized spacial score (nSPS) is 17.8. The Morgan fingerprint density at radius 3 is 2.67 bits per heavy atom. The number of carbonyl (C=O) groups is 2. The second-order valence-electron chi connectivity index (χ2n) is 3.24. The van der Waals surface area contributed by atoms with Gasteiger partial charge in [-0.1, -0.05) is 0 Å². The van der Waals surface area contributed by atoms with Crippen molar-refractivity contribution < 1.29 is 9.59 Å². The summed E-state index contributed by atoms with van der Waals surface area (Å²) in [5.41, 5.74) is 0. The highest BCUT2D eigenvalue weighted by molar-refractivity contribution is 5.86. The molecule has 0 N–H and O–H groups in total. The number of likely N-dealkylation sites (tertiary alicyclic amines) is 1. The minimum Gasteiger partial charge on any atom is -0.331 e. The van der Waals surface area contributed by atoms with Crippen LogP contribution in [-0.2, 0) is 4.79 Å². The second-order valence-corrected chi connectivity index (χ2v) is 3.24. The fourth-order valence-corrected chi connectivity index (χ4v) is 1.28. The van der Waals surface area contributed by atoms with Gasteiger partial charge >= 0.3 is 6.03 Å². The summed E-state index contributed by atoms with van der Waals surface area (Å²) in [4.78, 5) is 25.4. The number of piperidine rings is 1. The van der Waals surface area contributed by atoms with Gasteiger partial charge in [0.05, 0.1) is 6.54 Å². The molecule has 0 aromatic carbocycles. The molecule has 1 aliphatic heterocycles. The number of nitrogens with zero attached hydrogens (tertiary/aromatic N) is 2. The standard InChI is InChI=1S/C8H14N2O2/c1-9(2)8(12)10-5-3-4-7(11)6-10/h3-6H2,1-2H3. The topological polar surface area (TPSA) is 40.6 Å². The first-order valence-corrected chi connectivity index (χ1v) is 4.09. The summed E-state index contributed by atoms with van der Waals surface area (Å²) >= 11 is 0. The maximum atomic E-state index is 11.3. The second kappa shape index (κ2) is 3.56. The molecule has 4 heteroatoms. The summed E-state index contributed by atoms with van der Waals surface area (Å²) in [6.07, 6.45) is 1.43. The van der Waals surface area contributed by atoms with Crippen LogP contribution < -0.4 is 0 Å². The largest absolute Gasteiger partial charge is 0.331 e. The molecule has 0 saturated carbocycles. The van der Waals surface area contributed by atoms with Crippen LogP contribution in [0.15, 0.2) is 0 Å². The lowest BCUT2D eigenvalue weighted by molar-refractivity contribution is -0.121. The molecular weight excluding hydrogens is 156 g/mol. The van der Waals surface area contributed by atoms with Crippen molar-refractivity contribution in [3.8, 4) is 0 Å². The zero-order chi connectivity index (χ0) is 9.14. The molecule has 12 heavy (non-hydrogen) atoms. The number of hydrogen-bond donors (Lipinski definition) is 0. The van der Waals surface area contributed by atoms with Crippen LogP contribution in [-0.4, -0.2) is 48.8 Å². The molecule has 4 nitrogen and oxygen atoms in total. The molecular formula is C8H14N2O2. The summed E-state index contributed by atoms with van der Waals surface area (Å²) < 4.78 is 0. The van der Waals surface area contributed by atoms with Gasteiger partial charge in [0.2, 0.25) is 0 Å². The molecule has 0 aromatic heterocycles. The van der Waals surface area contributed by atoms with Gasteiger partial charge in [-0.2, -0.15) is 0 Å². The van der Waals surface area contributed by atoms with Crippen molar-refractivity contribution >= 4 is 11.8 Å². The monoisotopic (exact) mass is 170 g/mol. The van der Waals surface area contributed by atoms with Crippen molar-refractivity contribution in [3.05, 3.63) is 0 Å². The molecule has 1 fully saturated rings.